The fourth-order valence-corrected chi connectivity index (χ4v) is 1.19. The number of hydrogen-bond acceptors (Lipinski definition) is 2. The highest BCUT2D eigenvalue weighted by Gasteiger charge is 1.93. The van der Waals surface area contributed by atoms with Crippen LogP contribution < -0.4 is 0 Å². The van der Waals surface area contributed by atoms with E-state index in [1.54, 1.807) is 24.3 Å². The predicted molar refractivity (Wildman–Crippen MR) is 59.6 cm³/mol. The standard InChI is InChI=1S/C12H14FNO/c1-2-3-12(14-15)9-6-10-4-7-11(13)8-5-10/h4-9,15H,2-3H2,1H3. The molecule has 1 aromatic carbocycles. The lowest BCUT2D eigenvalue weighted by Crippen LogP contribution is -1.91. The van der Waals surface area contributed by atoms with Gasteiger partial charge in [0.15, 0.2) is 0 Å². The van der Waals surface area contributed by atoms with E-state index < -0.39 is 0 Å². The summed E-state index contributed by atoms with van der Waals surface area (Å²) < 4.78 is 12.6. The average molecular weight is 207 g/mol. The second kappa shape index (κ2) is 5.96. The van der Waals surface area contributed by atoms with E-state index in [2.05, 4.69) is 5.16 Å². The lowest BCUT2D eigenvalue weighted by Gasteiger charge is -1.95. The maximum Gasteiger partial charge on any atom is 0.123 e. The van der Waals surface area contributed by atoms with Crippen molar-refractivity contribution in [1.29, 1.82) is 0 Å². The lowest BCUT2D eigenvalue weighted by atomic mass is 10.1. The Kier molecular flexibility index (Phi) is 4.54. The fraction of sp³-hybridized carbons (Fsp3) is 0.250. The number of oxime groups is 1. The molecular formula is C12H14FNO. The van der Waals surface area contributed by atoms with Gasteiger partial charge in [0.05, 0.1) is 5.71 Å². The molecule has 0 saturated heterocycles. The molecule has 1 rings (SSSR count). The maximum atomic E-state index is 12.6. The van der Waals surface area contributed by atoms with Crippen LogP contribution in [-0.4, -0.2) is 10.9 Å². The zero-order chi connectivity index (χ0) is 11.1. The lowest BCUT2D eigenvalue weighted by molar-refractivity contribution is 0.318. The molecule has 0 aromatic heterocycles. The van der Waals surface area contributed by atoms with Gasteiger partial charge in [-0.15, -0.1) is 0 Å². The third-order valence-electron chi connectivity index (χ3n) is 1.97. The molecule has 0 aliphatic carbocycles. The summed E-state index contributed by atoms with van der Waals surface area (Å²) in [5, 5.41) is 11.8. The molecule has 0 unspecified atom stereocenters. The summed E-state index contributed by atoms with van der Waals surface area (Å²) in [6, 6.07) is 6.14. The minimum Gasteiger partial charge on any atom is -0.411 e. The summed E-state index contributed by atoms with van der Waals surface area (Å²) in [5.74, 6) is -0.253. The van der Waals surface area contributed by atoms with Crippen LogP contribution in [-0.2, 0) is 0 Å². The largest absolute Gasteiger partial charge is 0.411 e. The van der Waals surface area contributed by atoms with Gasteiger partial charge in [-0.05, 0) is 30.2 Å². The molecule has 0 aliphatic rings. The molecule has 0 fully saturated rings. The van der Waals surface area contributed by atoms with E-state index in [0.717, 1.165) is 18.4 Å². The Labute approximate surface area is 88.7 Å². The van der Waals surface area contributed by atoms with Crippen LogP contribution in [0.2, 0.25) is 0 Å². The van der Waals surface area contributed by atoms with Crippen LogP contribution in [0.3, 0.4) is 0 Å². The fourth-order valence-electron chi connectivity index (χ4n) is 1.19. The van der Waals surface area contributed by atoms with Crippen molar-refractivity contribution in [2.45, 2.75) is 19.8 Å². The molecule has 1 N–H and O–H groups in total. The quantitative estimate of drug-likeness (QED) is 0.457. The van der Waals surface area contributed by atoms with Gasteiger partial charge in [-0.2, -0.15) is 0 Å². The van der Waals surface area contributed by atoms with Crippen molar-refractivity contribution in [1.82, 2.24) is 0 Å². The second-order valence-corrected chi connectivity index (χ2v) is 3.23. The van der Waals surface area contributed by atoms with Crippen LogP contribution in [0.4, 0.5) is 4.39 Å². The van der Waals surface area contributed by atoms with Crippen molar-refractivity contribution in [3.8, 4) is 0 Å². The molecule has 0 radical (unpaired) electrons. The molecular weight excluding hydrogens is 193 g/mol. The number of allylic oxidation sites excluding steroid dienone is 1. The van der Waals surface area contributed by atoms with E-state index in [0.29, 0.717) is 5.71 Å². The van der Waals surface area contributed by atoms with Crippen molar-refractivity contribution in [3.05, 3.63) is 41.7 Å². The van der Waals surface area contributed by atoms with Crippen LogP contribution >= 0.6 is 0 Å². The first-order valence-electron chi connectivity index (χ1n) is 4.91. The van der Waals surface area contributed by atoms with Gasteiger partial charge in [-0.3, -0.25) is 0 Å². The Morgan fingerprint density at radius 2 is 2.07 bits per heavy atom. The van der Waals surface area contributed by atoms with E-state index in [4.69, 9.17) is 5.21 Å². The van der Waals surface area contributed by atoms with E-state index in [-0.39, 0.29) is 5.82 Å². The summed E-state index contributed by atoms with van der Waals surface area (Å²) in [7, 11) is 0. The van der Waals surface area contributed by atoms with Gasteiger partial charge >= 0.3 is 0 Å². The summed E-state index contributed by atoms with van der Waals surface area (Å²) in [6.07, 6.45) is 5.18. The molecule has 15 heavy (non-hydrogen) atoms. The number of nitrogens with zero attached hydrogens (tertiary/aromatic N) is 1. The highest BCUT2D eigenvalue weighted by molar-refractivity contribution is 5.97. The third-order valence-corrected chi connectivity index (χ3v) is 1.97. The summed E-state index contributed by atoms with van der Waals surface area (Å²) in [4.78, 5) is 0. The van der Waals surface area contributed by atoms with Crippen molar-refractivity contribution in [2.75, 3.05) is 0 Å². The monoisotopic (exact) mass is 207 g/mol. The van der Waals surface area contributed by atoms with Crippen LogP contribution in [0.25, 0.3) is 6.08 Å². The maximum absolute atomic E-state index is 12.6. The Morgan fingerprint density at radius 1 is 1.40 bits per heavy atom. The smallest absolute Gasteiger partial charge is 0.123 e. The summed E-state index contributed by atoms with van der Waals surface area (Å²) >= 11 is 0. The minimum absolute atomic E-state index is 0.253. The van der Waals surface area contributed by atoms with Gasteiger partial charge in [0.2, 0.25) is 0 Å². The van der Waals surface area contributed by atoms with Gasteiger partial charge in [0.1, 0.15) is 5.82 Å². The van der Waals surface area contributed by atoms with Crippen molar-refractivity contribution in [2.24, 2.45) is 5.16 Å². The van der Waals surface area contributed by atoms with Crippen molar-refractivity contribution < 1.29 is 9.60 Å². The summed E-state index contributed by atoms with van der Waals surface area (Å²) in [6.45, 7) is 2.01. The van der Waals surface area contributed by atoms with Crippen LogP contribution in [0.15, 0.2) is 35.5 Å². The first kappa shape index (κ1) is 11.4. The number of halogens is 1. The zero-order valence-corrected chi connectivity index (χ0v) is 8.65. The number of benzene rings is 1. The number of hydrogen-bond donors (Lipinski definition) is 1. The molecule has 0 atom stereocenters. The second-order valence-electron chi connectivity index (χ2n) is 3.23. The highest BCUT2D eigenvalue weighted by Crippen LogP contribution is 2.05. The first-order chi connectivity index (χ1) is 7.26. The highest BCUT2D eigenvalue weighted by atomic mass is 19.1. The molecule has 0 saturated carbocycles. The van der Waals surface area contributed by atoms with E-state index in [1.165, 1.54) is 12.1 Å². The molecule has 0 aliphatic heterocycles. The predicted octanol–water partition coefficient (Wildman–Crippen LogP) is 3.47. The molecule has 0 heterocycles. The third kappa shape index (κ3) is 3.94. The average Bonchev–Trinajstić information content (AvgIpc) is 2.26. The van der Waals surface area contributed by atoms with Gasteiger partial charge in [0.25, 0.3) is 0 Å². The minimum atomic E-state index is -0.253. The Morgan fingerprint density at radius 3 is 2.60 bits per heavy atom. The Bertz CT molecular complexity index is 354. The SMILES string of the molecule is CCCC(C=Cc1ccc(F)cc1)=NO. The van der Waals surface area contributed by atoms with Gasteiger partial charge < -0.3 is 5.21 Å². The van der Waals surface area contributed by atoms with Gasteiger partial charge in [-0.25, -0.2) is 4.39 Å². The van der Waals surface area contributed by atoms with Crippen molar-refractivity contribution >= 4 is 11.8 Å². The van der Waals surface area contributed by atoms with Crippen molar-refractivity contribution in [3.63, 3.8) is 0 Å². The number of rotatable bonds is 4. The van der Waals surface area contributed by atoms with Gasteiger partial charge in [0, 0.05) is 0 Å². The molecule has 2 nitrogen and oxygen atoms in total. The molecule has 0 amide bonds. The molecule has 0 bridgehead atoms. The Hall–Kier alpha value is -1.64. The van der Waals surface area contributed by atoms with E-state index in [9.17, 15) is 4.39 Å². The first-order valence-corrected chi connectivity index (χ1v) is 4.91. The topological polar surface area (TPSA) is 32.6 Å². The van der Waals surface area contributed by atoms with Gasteiger partial charge in [-0.1, -0.05) is 36.7 Å². The normalized spacial score (nSPS) is 12.3. The van der Waals surface area contributed by atoms with Crippen LogP contribution in [0, 0.1) is 5.82 Å². The Balaban J connectivity index is 2.68. The molecule has 3 heteroatoms. The van der Waals surface area contributed by atoms with E-state index >= 15 is 0 Å². The molecule has 80 valence electrons. The van der Waals surface area contributed by atoms with Crippen LogP contribution in [0.1, 0.15) is 25.3 Å². The zero-order valence-electron chi connectivity index (χ0n) is 8.65. The van der Waals surface area contributed by atoms with Crippen LogP contribution in [0.5, 0.6) is 0 Å². The van der Waals surface area contributed by atoms with E-state index in [1.807, 2.05) is 6.92 Å². The molecule has 1 aromatic rings. The molecule has 0 spiro atoms. The summed E-state index contributed by atoms with van der Waals surface area (Å²) in [5.41, 5.74) is 1.51.